The summed E-state index contributed by atoms with van der Waals surface area (Å²) in [6.07, 6.45) is 0.752. The van der Waals surface area contributed by atoms with Crippen molar-refractivity contribution >= 4 is 23.8 Å². The standard InChI is InChI=1S/C23H30N6O6/c1-15-14-27(19(31)23(2,3)26-22(34)35)11-12-28(15)20(32)24-18-8-10-29(21(33)25-18)17-6-4-16(5-7-17)9-13-30/h4-8,10,15,26,30H,9,11-14H2,1-3H3,(H,34,35)(H,24,25,32,33). The molecule has 0 spiro atoms. The predicted molar refractivity (Wildman–Crippen MR) is 128 cm³/mol. The van der Waals surface area contributed by atoms with Crippen LogP contribution in [0, 0.1) is 0 Å². The molecule has 1 aliphatic rings. The van der Waals surface area contributed by atoms with E-state index in [4.69, 9.17) is 10.2 Å². The van der Waals surface area contributed by atoms with Crippen LogP contribution in [0.4, 0.5) is 15.4 Å². The van der Waals surface area contributed by atoms with Gasteiger partial charge in [-0.3, -0.25) is 14.7 Å². The first-order chi connectivity index (χ1) is 16.5. The van der Waals surface area contributed by atoms with Gasteiger partial charge in [-0.25, -0.2) is 14.4 Å². The van der Waals surface area contributed by atoms with Crippen LogP contribution in [0.2, 0.25) is 0 Å². The maximum Gasteiger partial charge on any atom is 0.405 e. The largest absolute Gasteiger partial charge is 0.465 e. The minimum atomic E-state index is -1.29. The van der Waals surface area contributed by atoms with Gasteiger partial charge >= 0.3 is 17.8 Å². The Labute approximate surface area is 202 Å². The van der Waals surface area contributed by atoms with E-state index in [0.717, 1.165) is 5.56 Å². The molecule has 12 heteroatoms. The van der Waals surface area contributed by atoms with Gasteiger partial charge in [0, 0.05) is 38.5 Å². The van der Waals surface area contributed by atoms with Crippen molar-refractivity contribution in [2.45, 2.75) is 38.8 Å². The van der Waals surface area contributed by atoms with E-state index in [0.29, 0.717) is 12.1 Å². The predicted octanol–water partition coefficient (Wildman–Crippen LogP) is 0.878. The van der Waals surface area contributed by atoms with Crippen molar-refractivity contribution in [2.75, 3.05) is 31.6 Å². The van der Waals surface area contributed by atoms with Gasteiger partial charge in [0.05, 0.1) is 5.69 Å². The number of benzene rings is 1. The van der Waals surface area contributed by atoms with Crippen LogP contribution >= 0.6 is 0 Å². The Kier molecular flexibility index (Phi) is 7.75. The zero-order chi connectivity index (χ0) is 25.8. The summed E-state index contributed by atoms with van der Waals surface area (Å²) in [4.78, 5) is 56.0. The average Bonchev–Trinajstić information content (AvgIpc) is 2.78. The molecule has 0 aliphatic carbocycles. The molecular weight excluding hydrogens is 456 g/mol. The van der Waals surface area contributed by atoms with Gasteiger partial charge in [0.1, 0.15) is 11.4 Å². The molecule has 1 saturated heterocycles. The number of carbonyl (C=O) groups is 3. The Morgan fingerprint density at radius 1 is 1.14 bits per heavy atom. The summed E-state index contributed by atoms with van der Waals surface area (Å²) < 4.78 is 1.35. The number of anilines is 1. The van der Waals surface area contributed by atoms with Crippen LogP contribution in [0.3, 0.4) is 0 Å². The van der Waals surface area contributed by atoms with Crippen LogP contribution in [0.15, 0.2) is 41.3 Å². The van der Waals surface area contributed by atoms with Crippen molar-refractivity contribution in [3.05, 3.63) is 52.6 Å². The molecule has 1 aromatic heterocycles. The Morgan fingerprint density at radius 3 is 2.40 bits per heavy atom. The number of piperazine rings is 1. The molecular formula is C23H30N6O6. The van der Waals surface area contributed by atoms with Crippen LogP contribution in [0.25, 0.3) is 5.69 Å². The fraction of sp³-hybridized carbons (Fsp3) is 0.435. The van der Waals surface area contributed by atoms with Crippen molar-refractivity contribution in [3.8, 4) is 5.69 Å². The molecule has 188 valence electrons. The number of aliphatic hydroxyl groups is 1. The first-order valence-electron chi connectivity index (χ1n) is 11.2. The zero-order valence-electron chi connectivity index (χ0n) is 19.9. The van der Waals surface area contributed by atoms with Crippen LogP contribution in [0.5, 0.6) is 0 Å². The number of nitrogens with one attached hydrogen (secondary N) is 2. The molecule has 35 heavy (non-hydrogen) atoms. The molecule has 1 fully saturated rings. The molecule has 3 rings (SSSR count). The second-order valence-corrected chi connectivity index (χ2v) is 8.88. The summed E-state index contributed by atoms with van der Waals surface area (Å²) in [7, 11) is 0. The number of rotatable bonds is 6. The third-order valence-corrected chi connectivity index (χ3v) is 5.78. The molecule has 4 amide bonds. The van der Waals surface area contributed by atoms with Crippen LogP contribution in [-0.2, 0) is 11.2 Å². The van der Waals surface area contributed by atoms with Gasteiger partial charge in [-0.05, 0) is 51.0 Å². The molecule has 0 saturated carbocycles. The van der Waals surface area contributed by atoms with E-state index in [-0.39, 0.29) is 44.0 Å². The number of aliphatic hydroxyl groups excluding tert-OH is 1. The number of urea groups is 1. The number of carbonyl (C=O) groups excluding carboxylic acids is 2. The highest BCUT2D eigenvalue weighted by atomic mass is 16.4. The molecule has 1 unspecified atom stereocenters. The van der Waals surface area contributed by atoms with E-state index < -0.39 is 23.4 Å². The highest BCUT2D eigenvalue weighted by Crippen LogP contribution is 2.16. The number of aromatic nitrogens is 2. The molecule has 4 N–H and O–H groups in total. The Morgan fingerprint density at radius 2 is 1.83 bits per heavy atom. The number of amides is 4. The molecule has 1 atom stereocenters. The van der Waals surface area contributed by atoms with Gasteiger partial charge in [-0.1, -0.05) is 12.1 Å². The van der Waals surface area contributed by atoms with Crippen molar-refractivity contribution < 1.29 is 24.6 Å². The lowest BCUT2D eigenvalue weighted by molar-refractivity contribution is -0.139. The van der Waals surface area contributed by atoms with Crippen LogP contribution in [0.1, 0.15) is 26.3 Å². The average molecular weight is 487 g/mol. The maximum absolute atomic E-state index is 12.8. The van der Waals surface area contributed by atoms with Gasteiger partial charge < -0.3 is 25.3 Å². The minimum absolute atomic E-state index is 0.0408. The molecule has 2 aromatic rings. The van der Waals surface area contributed by atoms with Crippen molar-refractivity contribution in [1.29, 1.82) is 0 Å². The molecule has 2 heterocycles. The fourth-order valence-electron chi connectivity index (χ4n) is 3.96. The minimum Gasteiger partial charge on any atom is -0.465 e. The number of hydrogen-bond donors (Lipinski definition) is 4. The normalized spacial score (nSPS) is 16.1. The van der Waals surface area contributed by atoms with Gasteiger partial charge in [-0.2, -0.15) is 4.98 Å². The summed E-state index contributed by atoms with van der Waals surface area (Å²) in [5, 5.41) is 22.8. The summed E-state index contributed by atoms with van der Waals surface area (Å²) in [6.45, 7) is 5.51. The lowest BCUT2D eigenvalue weighted by Gasteiger charge is -2.42. The lowest BCUT2D eigenvalue weighted by Crippen LogP contribution is -2.62. The molecule has 12 nitrogen and oxygen atoms in total. The van der Waals surface area contributed by atoms with E-state index in [1.807, 2.05) is 12.1 Å². The highest BCUT2D eigenvalue weighted by molar-refractivity contribution is 5.90. The molecule has 0 bridgehead atoms. The van der Waals surface area contributed by atoms with Gasteiger partial charge in [0.25, 0.3) is 0 Å². The van der Waals surface area contributed by atoms with E-state index in [1.165, 1.54) is 40.5 Å². The van der Waals surface area contributed by atoms with Crippen LogP contribution < -0.4 is 16.3 Å². The van der Waals surface area contributed by atoms with Gasteiger partial charge in [0.15, 0.2) is 0 Å². The van der Waals surface area contributed by atoms with E-state index in [2.05, 4.69) is 15.6 Å². The summed E-state index contributed by atoms with van der Waals surface area (Å²) >= 11 is 0. The molecule has 1 aromatic carbocycles. The first-order valence-corrected chi connectivity index (χ1v) is 11.2. The second kappa shape index (κ2) is 10.6. The highest BCUT2D eigenvalue weighted by Gasteiger charge is 2.37. The fourth-order valence-corrected chi connectivity index (χ4v) is 3.96. The van der Waals surface area contributed by atoms with Gasteiger partial charge in [0.2, 0.25) is 5.91 Å². The third kappa shape index (κ3) is 6.15. The van der Waals surface area contributed by atoms with Crippen LogP contribution in [-0.4, -0.2) is 85.4 Å². The van der Waals surface area contributed by atoms with Crippen molar-refractivity contribution in [3.63, 3.8) is 0 Å². The van der Waals surface area contributed by atoms with E-state index in [9.17, 15) is 19.2 Å². The number of hydrogen-bond acceptors (Lipinski definition) is 6. The molecule has 1 aliphatic heterocycles. The summed E-state index contributed by atoms with van der Waals surface area (Å²) in [5.74, 6) is -0.271. The Bertz CT molecular complexity index is 1150. The van der Waals surface area contributed by atoms with Crippen molar-refractivity contribution in [1.82, 2.24) is 24.7 Å². The summed E-state index contributed by atoms with van der Waals surface area (Å²) in [6, 6.07) is 7.86. The maximum atomic E-state index is 12.8. The Balaban J connectivity index is 1.63. The third-order valence-electron chi connectivity index (χ3n) is 5.78. The monoisotopic (exact) mass is 486 g/mol. The van der Waals surface area contributed by atoms with Crippen molar-refractivity contribution in [2.24, 2.45) is 0 Å². The smallest absolute Gasteiger partial charge is 0.405 e. The zero-order valence-corrected chi connectivity index (χ0v) is 19.9. The SMILES string of the molecule is CC1CN(C(=O)C(C)(C)NC(=O)O)CCN1C(=O)Nc1ccn(-c2ccc(CCO)cc2)c(=O)n1. The quantitative estimate of drug-likeness (QED) is 0.472. The van der Waals surface area contributed by atoms with Gasteiger partial charge in [-0.15, -0.1) is 0 Å². The Hall–Kier alpha value is -3.93. The summed E-state index contributed by atoms with van der Waals surface area (Å²) in [5.41, 5.74) is -0.298. The molecule has 0 radical (unpaired) electrons. The first kappa shape index (κ1) is 25.7. The number of nitrogens with zero attached hydrogens (tertiary/aromatic N) is 4. The lowest BCUT2D eigenvalue weighted by atomic mass is 10.0. The van der Waals surface area contributed by atoms with E-state index in [1.54, 1.807) is 19.1 Å². The number of carboxylic acid groups (broad SMARTS) is 1. The van der Waals surface area contributed by atoms with E-state index >= 15 is 0 Å². The topological polar surface area (TPSA) is 157 Å². The second-order valence-electron chi connectivity index (χ2n) is 8.88.